The Labute approximate surface area is 92.7 Å². The zero-order valence-electron chi connectivity index (χ0n) is 7.35. The number of hydrogen-bond acceptors (Lipinski definition) is 1. The third kappa shape index (κ3) is 5.18. The van der Waals surface area contributed by atoms with Gasteiger partial charge in [-0.1, -0.05) is 13.8 Å². The van der Waals surface area contributed by atoms with Gasteiger partial charge in [0.2, 0.25) is 0 Å². The van der Waals surface area contributed by atoms with Crippen LogP contribution in [0.4, 0.5) is 0 Å². The van der Waals surface area contributed by atoms with Crippen LogP contribution >= 0.6 is 0 Å². The van der Waals surface area contributed by atoms with Gasteiger partial charge in [0.1, 0.15) is 0 Å². The zero-order valence-corrected chi connectivity index (χ0v) is 9.79. The standard InChI is InChI=1S/C5H10O2.Ba.2H/c1-3-4(2)5(6)7;;;/h4H,3H2,1-2H3,(H,6,7);;;/q;+2;2*-1. The van der Waals surface area contributed by atoms with Crippen LogP contribution in [0.15, 0.2) is 0 Å². The van der Waals surface area contributed by atoms with Gasteiger partial charge in [-0.3, -0.25) is 4.79 Å². The van der Waals surface area contributed by atoms with Crippen LogP contribution in [0.3, 0.4) is 0 Å². The van der Waals surface area contributed by atoms with Crippen molar-refractivity contribution < 1.29 is 12.8 Å². The Morgan fingerprint density at radius 1 is 1.88 bits per heavy atom. The zero-order chi connectivity index (χ0) is 5.86. The molecule has 1 atom stereocenters. The third-order valence-electron chi connectivity index (χ3n) is 1.03. The molecular weight excluding hydrogens is 229 g/mol. The van der Waals surface area contributed by atoms with Crippen molar-refractivity contribution in [1.82, 2.24) is 0 Å². The van der Waals surface area contributed by atoms with Crippen LogP contribution in [0.5, 0.6) is 0 Å². The second kappa shape index (κ2) is 6.17. The first-order valence-electron chi connectivity index (χ1n) is 2.41. The molecule has 0 aromatic carbocycles. The molecule has 0 spiro atoms. The summed E-state index contributed by atoms with van der Waals surface area (Å²) in [7, 11) is 0. The fraction of sp³-hybridized carbons (Fsp3) is 0.800. The first-order chi connectivity index (χ1) is 3.18. The van der Waals surface area contributed by atoms with Crippen LogP contribution in [-0.2, 0) is 4.79 Å². The molecule has 0 aromatic rings. The van der Waals surface area contributed by atoms with Gasteiger partial charge in [-0.05, 0) is 6.42 Å². The van der Waals surface area contributed by atoms with E-state index in [0.29, 0.717) is 0 Å². The Balaban J connectivity index is -0.0000000600. The number of hydrogen-bond donors (Lipinski definition) is 1. The Morgan fingerprint density at radius 3 is 2.25 bits per heavy atom. The topological polar surface area (TPSA) is 37.3 Å². The van der Waals surface area contributed by atoms with Crippen molar-refractivity contribution in [1.29, 1.82) is 0 Å². The molecule has 2 nitrogen and oxygen atoms in total. The summed E-state index contributed by atoms with van der Waals surface area (Å²) in [6.07, 6.45) is 0.718. The summed E-state index contributed by atoms with van der Waals surface area (Å²) >= 11 is 0. The minimum Gasteiger partial charge on any atom is -1.00 e. The summed E-state index contributed by atoms with van der Waals surface area (Å²) in [6.45, 7) is 3.56. The average Bonchev–Trinajstić information content (AvgIpc) is 1.65. The van der Waals surface area contributed by atoms with Crippen LogP contribution in [-0.4, -0.2) is 60.0 Å². The molecule has 8 heavy (non-hydrogen) atoms. The molecule has 0 saturated heterocycles. The molecule has 46 valence electrons. The number of rotatable bonds is 2. The van der Waals surface area contributed by atoms with Crippen LogP contribution in [0.2, 0.25) is 0 Å². The van der Waals surface area contributed by atoms with Gasteiger partial charge in [-0.2, -0.15) is 0 Å². The van der Waals surface area contributed by atoms with Crippen molar-refractivity contribution in [2.45, 2.75) is 20.3 Å². The second-order valence-corrected chi connectivity index (χ2v) is 1.65. The maximum Gasteiger partial charge on any atom is 2.00 e. The monoisotopic (exact) mass is 242 g/mol. The normalized spacial score (nSPS) is 11.8. The van der Waals surface area contributed by atoms with Gasteiger partial charge in [0.15, 0.2) is 0 Å². The van der Waals surface area contributed by atoms with Crippen molar-refractivity contribution in [2.24, 2.45) is 5.92 Å². The SMILES string of the molecule is CCC(C)C(=O)O.[Ba+2].[H-].[H-]. The first kappa shape index (κ1) is 11.8. The molecule has 0 aliphatic rings. The van der Waals surface area contributed by atoms with E-state index in [2.05, 4.69) is 0 Å². The predicted octanol–water partition coefficient (Wildman–Crippen LogP) is 0.961. The largest absolute Gasteiger partial charge is 2.00 e. The quantitative estimate of drug-likeness (QED) is 0.731. The molecular formula is C5H12BaO2. The summed E-state index contributed by atoms with van der Waals surface area (Å²) in [5, 5.41) is 8.18. The molecule has 0 aliphatic carbocycles. The van der Waals surface area contributed by atoms with Crippen molar-refractivity contribution in [2.75, 3.05) is 0 Å². The van der Waals surface area contributed by atoms with Gasteiger partial charge in [0, 0.05) is 0 Å². The van der Waals surface area contributed by atoms with Crippen LogP contribution < -0.4 is 0 Å². The van der Waals surface area contributed by atoms with Crippen molar-refractivity contribution >= 4 is 54.9 Å². The van der Waals surface area contributed by atoms with Gasteiger partial charge in [-0.25, -0.2) is 0 Å². The maximum absolute atomic E-state index is 9.93. The van der Waals surface area contributed by atoms with Crippen LogP contribution in [0, 0.1) is 5.92 Å². The molecule has 1 N–H and O–H groups in total. The number of aliphatic carboxylic acids is 1. The van der Waals surface area contributed by atoms with E-state index in [9.17, 15) is 4.79 Å². The third-order valence-corrected chi connectivity index (χ3v) is 1.03. The van der Waals surface area contributed by atoms with Gasteiger partial charge in [-0.15, -0.1) is 0 Å². The molecule has 3 heteroatoms. The molecule has 0 heterocycles. The summed E-state index contributed by atoms with van der Waals surface area (Å²) in [4.78, 5) is 9.93. The molecule has 0 radical (unpaired) electrons. The van der Waals surface area contributed by atoms with Crippen LogP contribution in [0.25, 0.3) is 0 Å². The van der Waals surface area contributed by atoms with Gasteiger partial charge in [0.25, 0.3) is 0 Å². The van der Waals surface area contributed by atoms with Crippen molar-refractivity contribution in [3.8, 4) is 0 Å². The van der Waals surface area contributed by atoms with E-state index >= 15 is 0 Å². The molecule has 0 rings (SSSR count). The smallest absolute Gasteiger partial charge is 1.00 e. The second-order valence-electron chi connectivity index (χ2n) is 1.65. The van der Waals surface area contributed by atoms with Gasteiger partial charge >= 0.3 is 54.9 Å². The van der Waals surface area contributed by atoms with Crippen molar-refractivity contribution in [3.05, 3.63) is 0 Å². The van der Waals surface area contributed by atoms with Crippen molar-refractivity contribution in [3.63, 3.8) is 0 Å². The molecule has 0 fully saturated rings. The molecule has 0 bridgehead atoms. The minimum absolute atomic E-state index is 0. The molecule has 0 aliphatic heterocycles. The summed E-state index contributed by atoms with van der Waals surface area (Å²) in [6, 6.07) is 0. The van der Waals surface area contributed by atoms with Gasteiger partial charge in [0.05, 0.1) is 5.92 Å². The van der Waals surface area contributed by atoms with E-state index < -0.39 is 5.97 Å². The number of carboxylic acids is 1. The first-order valence-corrected chi connectivity index (χ1v) is 2.41. The fourth-order valence-corrected chi connectivity index (χ4v) is 0.175. The van der Waals surface area contributed by atoms with E-state index in [4.69, 9.17) is 5.11 Å². The summed E-state index contributed by atoms with van der Waals surface area (Å²) in [5.41, 5.74) is 0. The van der Waals surface area contributed by atoms with Crippen LogP contribution in [0.1, 0.15) is 23.1 Å². The van der Waals surface area contributed by atoms with E-state index in [1.807, 2.05) is 6.92 Å². The van der Waals surface area contributed by atoms with E-state index in [1.54, 1.807) is 6.92 Å². The molecule has 0 aromatic heterocycles. The number of carboxylic acid groups (broad SMARTS) is 1. The number of carbonyl (C=O) groups is 1. The Bertz CT molecular complexity index is 80.0. The minimum atomic E-state index is -0.706. The summed E-state index contributed by atoms with van der Waals surface area (Å²) < 4.78 is 0. The summed E-state index contributed by atoms with van der Waals surface area (Å²) in [5.74, 6) is -0.887. The fourth-order valence-electron chi connectivity index (χ4n) is 0.175. The Kier molecular flexibility index (Phi) is 9.09. The van der Waals surface area contributed by atoms with E-state index in [0.717, 1.165) is 6.42 Å². The van der Waals surface area contributed by atoms with E-state index in [-0.39, 0.29) is 57.7 Å². The molecule has 0 amide bonds. The van der Waals surface area contributed by atoms with E-state index in [1.165, 1.54) is 0 Å². The predicted molar refractivity (Wildman–Crippen MR) is 35.1 cm³/mol. The average molecular weight is 241 g/mol. The van der Waals surface area contributed by atoms with Gasteiger partial charge < -0.3 is 7.96 Å². The molecule has 0 saturated carbocycles. The molecule has 1 unspecified atom stereocenters. The Hall–Kier alpha value is 1.04. The maximum atomic E-state index is 9.93. The Morgan fingerprint density at radius 2 is 2.25 bits per heavy atom.